The summed E-state index contributed by atoms with van der Waals surface area (Å²) in [5.74, 6) is 0.890. The predicted octanol–water partition coefficient (Wildman–Crippen LogP) is 3.07. The van der Waals surface area contributed by atoms with Gasteiger partial charge in [0.25, 0.3) is 0 Å². The zero-order chi connectivity index (χ0) is 15.2. The second-order valence-electron chi connectivity index (χ2n) is 6.70. The Morgan fingerprint density at radius 1 is 1.20 bits per heavy atom. The molecule has 0 spiro atoms. The minimum Gasteiger partial charge on any atom is -0.490 e. The topological polar surface area (TPSA) is 41.5 Å². The van der Waals surface area contributed by atoms with E-state index in [9.17, 15) is 5.11 Å². The van der Waals surface area contributed by atoms with Gasteiger partial charge in [0.1, 0.15) is 18.5 Å². The summed E-state index contributed by atoms with van der Waals surface area (Å²) in [6, 6.07) is 6.06. The van der Waals surface area contributed by atoms with Crippen LogP contribution in [0.4, 0.5) is 0 Å². The first-order valence-corrected chi connectivity index (χ1v) is 7.37. The third-order valence-electron chi connectivity index (χ3n) is 3.26. The maximum atomic E-state index is 9.93. The van der Waals surface area contributed by atoms with E-state index in [1.807, 2.05) is 32.0 Å². The molecule has 0 saturated heterocycles. The SMILES string of the molecule is Cc1cccc(C)c1OCC(O)CNCCC(C)(C)C. The Kier molecular flexibility index (Phi) is 6.50. The Balaban J connectivity index is 2.28. The number of hydrogen-bond donors (Lipinski definition) is 2. The van der Waals surface area contributed by atoms with Crippen LogP contribution in [0.25, 0.3) is 0 Å². The lowest BCUT2D eigenvalue weighted by Crippen LogP contribution is -2.33. The normalized spacial score (nSPS) is 13.3. The molecule has 0 aliphatic carbocycles. The highest BCUT2D eigenvalue weighted by molar-refractivity contribution is 5.39. The maximum Gasteiger partial charge on any atom is 0.125 e. The predicted molar refractivity (Wildman–Crippen MR) is 84.4 cm³/mol. The molecule has 114 valence electrons. The van der Waals surface area contributed by atoms with Crippen molar-refractivity contribution in [3.63, 3.8) is 0 Å². The number of benzene rings is 1. The third-order valence-corrected chi connectivity index (χ3v) is 3.26. The van der Waals surface area contributed by atoms with Gasteiger partial charge >= 0.3 is 0 Å². The van der Waals surface area contributed by atoms with Crippen molar-refractivity contribution in [3.05, 3.63) is 29.3 Å². The fourth-order valence-corrected chi connectivity index (χ4v) is 2.00. The molecule has 0 aliphatic heterocycles. The summed E-state index contributed by atoms with van der Waals surface area (Å²) in [6.45, 7) is 12.5. The first-order chi connectivity index (χ1) is 9.29. The van der Waals surface area contributed by atoms with Gasteiger partial charge in [-0.15, -0.1) is 0 Å². The molecule has 0 heterocycles. The summed E-state index contributed by atoms with van der Waals surface area (Å²) in [5.41, 5.74) is 2.54. The smallest absolute Gasteiger partial charge is 0.125 e. The second-order valence-corrected chi connectivity index (χ2v) is 6.70. The number of hydrogen-bond acceptors (Lipinski definition) is 3. The molecule has 3 nitrogen and oxygen atoms in total. The molecule has 1 unspecified atom stereocenters. The standard InChI is InChI=1S/C17H29NO2/c1-13-7-6-8-14(2)16(13)20-12-15(19)11-18-10-9-17(3,4)5/h6-8,15,18-19H,9-12H2,1-5H3. The van der Waals surface area contributed by atoms with Gasteiger partial charge in [0.05, 0.1) is 0 Å². The summed E-state index contributed by atoms with van der Waals surface area (Å²) in [4.78, 5) is 0. The highest BCUT2D eigenvalue weighted by Gasteiger charge is 2.11. The van der Waals surface area contributed by atoms with Crippen molar-refractivity contribution >= 4 is 0 Å². The minimum absolute atomic E-state index is 0.326. The number of para-hydroxylation sites is 1. The second kappa shape index (κ2) is 7.65. The van der Waals surface area contributed by atoms with E-state index < -0.39 is 6.10 Å². The highest BCUT2D eigenvalue weighted by Crippen LogP contribution is 2.22. The van der Waals surface area contributed by atoms with Gasteiger partial charge in [0, 0.05) is 6.54 Å². The number of ether oxygens (including phenoxy) is 1. The number of rotatable bonds is 7. The molecule has 0 fully saturated rings. The molecule has 1 atom stereocenters. The number of aryl methyl sites for hydroxylation is 2. The van der Waals surface area contributed by atoms with Crippen LogP contribution in [0.3, 0.4) is 0 Å². The molecule has 0 radical (unpaired) electrons. The van der Waals surface area contributed by atoms with Crippen molar-refractivity contribution in [2.24, 2.45) is 5.41 Å². The Morgan fingerprint density at radius 3 is 2.35 bits per heavy atom. The largest absolute Gasteiger partial charge is 0.490 e. The first-order valence-electron chi connectivity index (χ1n) is 7.37. The molecule has 3 heteroatoms. The van der Waals surface area contributed by atoms with Gasteiger partial charge < -0.3 is 15.2 Å². The van der Waals surface area contributed by atoms with E-state index in [1.165, 1.54) is 0 Å². The fraction of sp³-hybridized carbons (Fsp3) is 0.647. The zero-order valence-corrected chi connectivity index (χ0v) is 13.5. The van der Waals surface area contributed by atoms with Crippen molar-refractivity contribution in [3.8, 4) is 5.75 Å². The Bertz CT molecular complexity index is 390. The minimum atomic E-state index is -0.478. The van der Waals surface area contributed by atoms with Crippen LogP contribution in [-0.4, -0.2) is 30.9 Å². The quantitative estimate of drug-likeness (QED) is 0.754. The molecule has 1 rings (SSSR count). The van der Waals surface area contributed by atoms with Crippen LogP contribution in [0.2, 0.25) is 0 Å². The zero-order valence-electron chi connectivity index (χ0n) is 13.5. The number of aliphatic hydroxyl groups excluding tert-OH is 1. The van der Waals surface area contributed by atoms with Gasteiger partial charge in [0.2, 0.25) is 0 Å². The van der Waals surface area contributed by atoms with Crippen molar-refractivity contribution in [1.29, 1.82) is 0 Å². The van der Waals surface area contributed by atoms with E-state index in [-0.39, 0.29) is 0 Å². The highest BCUT2D eigenvalue weighted by atomic mass is 16.5. The summed E-state index contributed by atoms with van der Waals surface area (Å²) < 4.78 is 5.74. The van der Waals surface area contributed by atoms with E-state index in [0.29, 0.717) is 18.6 Å². The van der Waals surface area contributed by atoms with Gasteiger partial charge in [-0.05, 0) is 43.4 Å². The molecular weight excluding hydrogens is 250 g/mol. The first kappa shape index (κ1) is 17.0. The molecular formula is C17H29NO2. The van der Waals surface area contributed by atoms with E-state index in [0.717, 1.165) is 29.8 Å². The van der Waals surface area contributed by atoms with Crippen LogP contribution >= 0.6 is 0 Å². The van der Waals surface area contributed by atoms with Gasteiger partial charge in [-0.2, -0.15) is 0 Å². The Hall–Kier alpha value is -1.06. The van der Waals surface area contributed by atoms with Crippen molar-refractivity contribution < 1.29 is 9.84 Å². The Morgan fingerprint density at radius 2 is 1.80 bits per heavy atom. The molecule has 20 heavy (non-hydrogen) atoms. The molecule has 0 aliphatic rings. The van der Waals surface area contributed by atoms with E-state index in [1.54, 1.807) is 0 Å². The van der Waals surface area contributed by atoms with Crippen LogP contribution in [0.1, 0.15) is 38.3 Å². The molecule has 0 bridgehead atoms. The summed E-state index contributed by atoms with van der Waals surface area (Å²) in [6.07, 6.45) is 0.617. The van der Waals surface area contributed by atoms with Crippen LogP contribution in [0.5, 0.6) is 5.75 Å². The summed E-state index contributed by atoms with van der Waals surface area (Å²) in [7, 11) is 0. The van der Waals surface area contributed by atoms with E-state index in [4.69, 9.17) is 4.74 Å². The number of nitrogens with one attached hydrogen (secondary N) is 1. The summed E-state index contributed by atoms with van der Waals surface area (Å²) in [5, 5.41) is 13.2. The monoisotopic (exact) mass is 279 g/mol. The lowest BCUT2D eigenvalue weighted by atomic mass is 9.92. The van der Waals surface area contributed by atoms with Gasteiger partial charge in [-0.1, -0.05) is 39.0 Å². The molecule has 0 amide bonds. The molecule has 0 saturated carbocycles. The molecule has 1 aromatic rings. The van der Waals surface area contributed by atoms with Crippen LogP contribution in [0, 0.1) is 19.3 Å². The van der Waals surface area contributed by atoms with Crippen molar-refractivity contribution in [2.75, 3.05) is 19.7 Å². The number of aliphatic hydroxyl groups is 1. The van der Waals surface area contributed by atoms with Crippen LogP contribution in [-0.2, 0) is 0 Å². The van der Waals surface area contributed by atoms with Gasteiger partial charge in [-0.3, -0.25) is 0 Å². The van der Waals surface area contributed by atoms with Crippen molar-refractivity contribution in [2.45, 2.75) is 47.1 Å². The maximum absolute atomic E-state index is 9.93. The van der Waals surface area contributed by atoms with Crippen LogP contribution in [0.15, 0.2) is 18.2 Å². The van der Waals surface area contributed by atoms with Crippen molar-refractivity contribution in [1.82, 2.24) is 5.32 Å². The third kappa shape index (κ3) is 6.40. The average molecular weight is 279 g/mol. The lowest BCUT2D eigenvalue weighted by Gasteiger charge is -2.19. The van der Waals surface area contributed by atoms with Crippen LogP contribution < -0.4 is 10.1 Å². The molecule has 2 N–H and O–H groups in total. The molecule has 0 aromatic heterocycles. The average Bonchev–Trinajstić information content (AvgIpc) is 2.33. The van der Waals surface area contributed by atoms with E-state index >= 15 is 0 Å². The lowest BCUT2D eigenvalue weighted by molar-refractivity contribution is 0.105. The Labute approximate surface area is 123 Å². The molecule has 1 aromatic carbocycles. The fourth-order valence-electron chi connectivity index (χ4n) is 2.00. The van der Waals surface area contributed by atoms with Gasteiger partial charge in [0.15, 0.2) is 0 Å². The van der Waals surface area contributed by atoms with E-state index in [2.05, 4.69) is 26.1 Å². The summed E-state index contributed by atoms with van der Waals surface area (Å²) >= 11 is 0. The van der Waals surface area contributed by atoms with Gasteiger partial charge in [-0.25, -0.2) is 0 Å².